The highest BCUT2D eigenvalue weighted by molar-refractivity contribution is 6.35. The molecule has 0 aliphatic carbocycles. The quantitative estimate of drug-likeness (QED) is 0.306. The number of amides is 3. The Balaban J connectivity index is 2.32. The third-order valence-corrected chi connectivity index (χ3v) is 3.22. The van der Waals surface area contributed by atoms with Gasteiger partial charge in [-0.15, -0.1) is 0 Å². The number of nitrogens with one attached hydrogen (secondary N) is 3. The Bertz CT molecular complexity index is 563. The summed E-state index contributed by atoms with van der Waals surface area (Å²) in [5.41, 5.74) is 0.952. The van der Waals surface area contributed by atoms with Crippen LogP contribution in [0, 0.1) is 0 Å². The highest BCUT2D eigenvalue weighted by atomic mass is 16.5. The van der Waals surface area contributed by atoms with Crippen molar-refractivity contribution >= 4 is 18.2 Å². The summed E-state index contributed by atoms with van der Waals surface area (Å²) in [5.74, 6) is -0.121. The fourth-order valence-electron chi connectivity index (χ4n) is 1.97. The van der Waals surface area contributed by atoms with Crippen molar-refractivity contribution < 1.29 is 23.9 Å². The Kier molecular flexibility index (Phi) is 8.73. The normalized spacial score (nSPS) is 9.75. The summed E-state index contributed by atoms with van der Waals surface area (Å²) in [6.07, 6.45) is 1.70. The topological polar surface area (TPSA) is 106 Å². The minimum atomic E-state index is -0.687. The molecular weight excluding hydrogens is 314 g/mol. The van der Waals surface area contributed by atoms with Crippen molar-refractivity contribution in [3.8, 4) is 11.5 Å². The third kappa shape index (κ3) is 6.55. The van der Waals surface area contributed by atoms with E-state index in [1.165, 1.54) is 0 Å². The van der Waals surface area contributed by atoms with Crippen molar-refractivity contribution in [1.29, 1.82) is 0 Å². The van der Waals surface area contributed by atoms with E-state index >= 15 is 0 Å². The van der Waals surface area contributed by atoms with Gasteiger partial charge < -0.3 is 25.4 Å². The van der Waals surface area contributed by atoms with Gasteiger partial charge in [0.05, 0.1) is 14.2 Å². The van der Waals surface area contributed by atoms with Crippen LogP contribution in [0.15, 0.2) is 18.2 Å². The lowest BCUT2D eigenvalue weighted by molar-refractivity contribution is -0.139. The summed E-state index contributed by atoms with van der Waals surface area (Å²) in [6.45, 7) is 1.10. The monoisotopic (exact) mass is 337 g/mol. The van der Waals surface area contributed by atoms with Crippen molar-refractivity contribution in [3.05, 3.63) is 23.8 Å². The van der Waals surface area contributed by atoms with E-state index in [2.05, 4.69) is 16.0 Å². The number of carbonyl (C=O) groups is 3. The number of methoxy groups -OCH3 is 2. The Morgan fingerprint density at radius 1 is 1.00 bits per heavy atom. The maximum Gasteiger partial charge on any atom is 0.309 e. The first-order valence-electron chi connectivity index (χ1n) is 7.56. The Labute approximate surface area is 140 Å². The van der Waals surface area contributed by atoms with Crippen molar-refractivity contribution in [2.45, 2.75) is 12.8 Å². The number of rotatable bonds is 10. The van der Waals surface area contributed by atoms with Crippen LogP contribution in [0.3, 0.4) is 0 Å². The largest absolute Gasteiger partial charge is 0.493 e. The molecule has 0 unspecified atom stereocenters. The molecule has 1 aromatic rings. The van der Waals surface area contributed by atoms with Crippen LogP contribution in [0.2, 0.25) is 0 Å². The minimum Gasteiger partial charge on any atom is -0.493 e. The summed E-state index contributed by atoms with van der Waals surface area (Å²) < 4.78 is 10.4. The van der Waals surface area contributed by atoms with E-state index in [9.17, 15) is 14.4 Å². The van der Waals surface area contributed by atoms with Gasteiger partial charge in [-0.25, -0.2) is 0 Å². The highest BCUT2D eigenvalue weighted by Crippen LogP contribution is 2.27. The zero-order valence-corrected chi connectivity index (χ0v) is 13.9. The van der Waals surface area contributed by atoms with E-state index in [0.717, 1.165) is 5.56 Å². The van der Waals surface area contributed by atoms with E-state index in [1.807, 2.05) is 12.1 Å². The van der Waals surface area contributed by atoms with Gasteiger partial charge >= 0.3 is 11.8 Å². The van der Waals surface area contributed by atoms with Gasteiger partial charge in [-0.2, -0.15) is 0 Å². The molecule has 1 rings (SSSR count). The van der Waals surface area contributed by atoms with E-state index in [-0.39, 0.29) is 0 Å². The van der Waals surface area contributed by atoms with E-state index < -0.39 is 11.8 Å². The first-order valence-corrected chi connectivity index (χ1v) is 7.56. The van der Waals surface area contributed by atoms with Gasteiger partial charge in [0, 0.05) is 19.6 Å². The fourth-order valence-corrected chi connectivity index (χ4v) is 1.97. The molecule has 1 aromatic carbocycles. The molecule has 0 saturated carbocycles. The van der Waals surface area contributed by atoms with Gasteiger partial charge in [0.1, 0.15) is 0 Å². The lowest BCUT2D eigenvalue weighted by Gasteiger charge is -2.10. The molecule has 132 valence electrons. The Morgan fingerprint density at radius 3 is 2.29 bits per heavy atom. The molecule has 8 heteroatoms. The summed E-state index contributed by atoms with van der Waals surface area (Å²) >= 11 is 0. The van der Waals surface area contributed by atoms with E-state index in [1.54, 1.807) is 20.3 Å². The van der Waals surface area contributed by atoms with Gasteiger partial charge in [0.2, 0.25) is 6.41 Å². The number of hydrogen-bond acceptors (Lipinski definition) is 5. The highest BCUT2D eigenvalue weighted by Gasteiger charge is 2.12. The summed E-state index contributed by atoms with van der Waals surface area (Å²) in [4.78, 5) is 33.2. The lowest BCUT2D eigenvalue weighted by atomic mass is 10.1. The molecule has 0 aliphatic heterocycles. The summed E-state index contributed by atoms with van der Waals surface area (Å²) in [6, 6.07) is 5.48. The van der Waals surface area contributed by atoms with Crippen molar-refractivity contribution in [1.82, 2.24) is 16.0 Å². The van der Waals surface area contributed by atoms with Gasteiger partial charge in [0.15, 0.2) is 11.5 Å². The molecular formula is C16H23N3O5. The van der Waals surface area contributed by atoms with Gasteiger partial charge in [0.25, 0.3) is 0 Å². The fraction of sp³-hybridized carbons (Fsp3) is 0.438. The van der Waals surface area contributed by atoms with Gasteiger partial charge in [-0.1, -0.05) is 6.07 Å². The number of carbonyl (C=O) groups excluding carboxylic acids is 3. The minimum absolute atomic E-state index is 0.322. The summed E-state index contributed by atoms with van der Waals surface area (Å²) in [5, 5.41) is 7.50. The maximum absolute atomic E-state index is 11.6. The van der Waals surface area contributed by atoms with E-state index in [4.69, 9.17) is 9.47 Å². The Hall–Kier alpha value is -2.77. The molecule has 24 heavy (non-hydrogen) atoms. The van der Waals surface area contributed by atoms with Gasteiger partial charge in [-0.3, -0.25) is 14.4 Å². The molecule has 0 aromatic heterocycles. The van der Waals surface area contributed by atoms with Gasteiger partial charge in [-0.05, 0) is 30.5 Å². The predicted molar refractivity (Wildman–Crippen MR) is 88.0 cm³/mol. The maximum atomic E-state index is 11.6. The average molecular weight is 337 g/mol. The molecule has 0 bridgehead atoms. The molecule has 0 heterocycles. The second-order valence-corrected chi connectivity index (χ2v) is 4.88. The lowest BCUT2D eigenvalue weighted by Crippen LogP contribution is -2.41. The van der Waals surface area contributed by atoms with E-state index in [0.29, 0.717) is 50.4 Å². The first-order chi connectivity index (χ1) is 11.6. The Morgan fingerprint density at radius 2 is 1.67 bits per heavy atom. The number of benzene rings is 1. The molecule has 0 atom stereocenters. The molecule has 0 spiro atoms. The molecule has 8 nitrogen and oxygen atoms in total. The number of ether oxygens (including phenoxy) is 2. The van der Waals surface area contributed by atoms with Crippen LogP contribution < -0.4 is 25.4 Å². The first kappa shape index (κ1) is 19.3. The summed E-state index contributed by atoms with van der Waals surface area (Å²) in [7, 11) is 3.11. The van der Waals surface area contributed by atoms with Crippen LogP contribution in [0.4, 0.5) is 0 Å². The van der Waals surface area contributed by atoms with Crippen LogP contribution >= 0.6 is 0 Å². The van der Waals surface area contributed by atoms with Crippen molar-refractivity contribution in [2.75, 3.05) is 33.9 Å². The second-order valence-electron chi connectivity index (χ2n) is 4.88. The molecule has 3 N–H and O–H groups in total. The zero-order valence-electron chi connectivity index (χ0n) is 13.9. The van der Waals surface area contributed by atoms with Crippen LogP contribution in [-0.4, -0.2) is 52.1 Å². The van der Waals surface area contributed by atoms with Crippen LogP contribution in [0.25, 0.3) is 0 Å². The average Bonchev–Trinajstić information content (AvgIpc) is 2.61. The van der Waals surface area contributed by atoms with Crippen LogP contribution in [-0.2, 0) is 20.8 Å². The molecule has 3 amide bonds. The predicted octanol–water partition coefficient (Wildman–Crippen LogP) is -0.385. The number of hydrogen-bond donors (Lipinski definition) is 3. The van der Waals surface area contributed by atoms with Crippen LogP contribution in [0.1, 0.15) is 12.0 Å². The zero-order chi connectivity index (χ0) is 17.8. The SMILES string of the molecule is COc1ccc(CCNC(=O)C(=O)NCCCNC=O)cc1OC. The van der Waals surface area contributed by atoms with Crippen molar-refractivity contribution in [3.63, 3.8) is 0 Å². The molecule has 0 saturated heterocycles. The molecule has 0 aliphatic rings. The second kappa shape index (κ2) is 10.9. The molecule has 0 fully saturated rings. The third-order valence-electron chi connectivity index (χ3n) is 3.22. The standard InChI is InChI=1S/C16H23N3O5/c1-23-13-5-4-12(10-14(13)24-2)6-9-19-16(22)15(21)18-8-3-7-17-11-20/h4-5,10-11H,3,6-9H2,1-2H3,(H,17,20)(H,18,21)(H,19,22). The molecule has 0 radical (unpaired) electrons. The van der Waals surface area contributed by atoms with Crippen LogP contribution in [0.5, 0.6) is 11.5 Å². The smallest absolute Gasteiger partial charge is 0.309 e. The van der Waals surface area contributed by atoms with Crippen molar-refractivity contribution in [2.24, 2.45) is 0 Å².